The first-order chi connectivity index (χ1) is 8.09. The van der Waals surface area contributed by atoms with E-state index in [-0.39, 0.29) is 12.3 Å². The summed E-state index contributed by atoms with van der Waals surface area (Å²) in [5.41, 5.74) is -1.41. The average molecular weight is 241 g/mol. The molecule has 5 heteroatoms. The maximum Gasteiger partial charge on any atom is 0.319 e. The van der Waals surface area contributed by atoms with E-state index in [1.165, 1.54) is 0 Å². The monoisotopic (exact) mass is 241 g/mol. The van der Waals surface area contributed by atoms with Crippen molar-refractivity contribution in [1.82, 2.24) is 5.32 Å². The van der Waals surface area contributed by atoms with Crippen molar-refractivity contribution in [3.05, 3.63) is 0 Å². The molecule has 1 rings (SSSR count). The Morgan fingerprint density at radius 3 is 2.71 bits per heavy atom. The maximum absolute atomic E-state index is 12.0. The number of carbonyl (C=O) groups excluding carboxylic acids is 2. The standard InChI is InChI=1S/C12H19NO4/c1-2-13-10(15)12(11(16)17)7-4-3-5-9(12)6-8-14/h8-9H,2-7H2,1H3,(H,13,15)(H,16,17). The van der Waals surface area contributed by atoms with Crippen LogP contribution in [0, 0.1) is 11.3 Å². The van der Waals surface area contributed by atoms with Gasteiger partial charge in [0.2, 0.25) is 5.91 Å². The van der Waals surface area contributed by atoms with Gasteiger partial charge >= 0.3 is 5.97 Å². The molecule has 1 amide bonds. The van der Waals surface area contributed by atoms with Crippen LogP contribution in [-0.4, -0.2) is 29.8 Å². The quantitative estimate of drug-likeness (QED) is 0.555. The molecular formula is C12H19NO4. The lowest BCUT2D eigenvalue weighted by Crippen LogP contribution is -2.52. The van der Waals surface area contributed by atoms with Gasteiger partial charge in [-0.25, -0.2) is 0 Å². The van der Waals surface area contributed by atoms with Crippen LogP contribution in [0.25, 0.3) is 0 Å². The lowest BCUT2D eigenvalue weighted by Gasteiger charge is -2.38. The van der Waals surface area contributed by atoms with Crippen LogP contribution < -0.4 is 5.32 Å². The van der Waals surface area contributed by atoms with Gasteiger partial charge in [0.15, 0.2) is 0 Å². The van der Waals surface area contributed by atoms with Crippen LogP contribution in [0.1, 0.15) is 39.0 Å². The Morgan fingerprint density at radius 2 is 2.18 bits per heavy atom. The van der Waals surface area contributed by atoms with Gasteiger partial charge in [0, 0.05) is 13.0 Å². The third-order valence-corrected chi connectivity index (χ3v) is 3.58. The molecule has 0 aromatic carbocycles. The first-order valence-electron chi connectivity index (χ1n) is 6.05. The van der Waals surface area contributed by atoms with E-state index in [2.05, 4.69) is 5.32 Å². The largest absolute Gasteiger partial charge is 0.480 e. The number of hydrogen-bond acceptors (Lipinski definition) is 3. The second-order valence-electron chi connectivity index (χ2n) is 4.48. The second-order valence-corrected chi connectivity index (χ2v) is 4.48. The van der Waals surface area contributed by atoms with Gasteiger partial charge in [0.25, 0.3) is 0 Å². The van der Waals surface area contributed by atoms with E-state index in [0.29, 0.717) is 25.7 Å². The number of amides is 1. The van der Waals surface area contributed by atoms with Crippen LogP contribution in [0.2, 0.25) is 0 Å². The van der Waals surface area contributed by atoms with Crippen molar-refractivity contribution in [1.29, 1.82) is 0 Å². The van der Waals surface area contributed by atoms with E-state index in [4.69, 9.17) is 0 Å². The molecule has 0 aliphatic heterocycles. The smallest absolute Gasteiger partial charge is 0.319 e. The highest BCUT2D eigenvalue weighted by Gasteiger charge is 2.52. The lowest BCUT2D eigenvalue weighted by atomic mass is 9.64. The van der Waals surface area contributed by atoms with Gasteiger partial charge in [-0.2, -0.15) is 0 Å². The predicted molar refractivity (Wildman–Crippen MR) is 61.4 cm³/mol. The van der Waals surface area contributed by atoms with Crippen molar-refractivity contribution < 1.29 is 19.5 Å². The molecule has 1 fully saturated rings. The zero-order valence-electron chi connectivity index (χ0n) is 10.1. The fourth-order valence-corrected chi connectivity index (χ4v) is 2.68. The highest BCUT2D eigenvalue weighted by Crippen LogP contribution is 2.43. The van der Waals surface area contributed by atoms with Crippen LogP contribution in [0.5, 0.6) is 0 Å². The number of hydrogen-bond donors (Lipinski definition) is 2. The molecule has 96 valence electrons. The van der Waals surface area contributed by atoms with E-state index >= 15 is 0 Å². The number of aldehydes is 1. The number of aliphatic carboxylic acids is 1. The summed E-state index contributed by atoms with van der Waals surface area (Å²) in [5, 5.41) is 12.0. The highest BCUT2D eigenvalue weighted by molar-refractivity contribution is 6.02. The minimum Gasteiger partial charge on any atom is -0.480 e. The minimum atomic E-state index is -1.41. The van der Waals surface area contributed by atoms with Crippen LogP contribution >= 0.6 is 0 Å². The Kier molecular flexibility index (Phi) is 4.66. The summed E-state index contributed by atoms with van der Waals surface area (Å²) in [5.74, 6) is -1.92. The van der Waals surface area contributed by atoms with Crippen molar-refractivity contribution in [3.8, 4) is 0 Å². The molecule has 0 aromatic heterocycles. The SMILES string of the molecule is CCNC(=O)C1(C(=O)O)CCCCC1CC=O. The molecule has 1 aliphatic rings. The molecule has 1 saturated carbocycles. The number of carbonyl (C=O) groups is 3. The normalized spacial score (nSPS) is 28.4. The van der Waals surface area contributed by atoms with Gasteiger partial charge in [-0.15, -0.1) is 0 Å². The molecule has 2 atom stereocenters. The van der Waals surface area contributed by atoms with Crippen molar-refractivity contribution in [3.63, 3.8) is 0 Å². The molecule has 0 heterocycles. The Bertz CT molecular complexity index is 316. The Balaban J connectivity index is 3.04. The van der Waals surface area contributed by atoms with Crippen LogP contribution in [0.4, 0.5) is 0 Å². The zero-order chi connectivity index (χ0) is 12.9. The molecule has 0 bridgehead atoms. The number of nitrogens with one attached hydrogen (secondary N) is 1. The molecule has 1 aliphatic carbocycles. The average Bonchev–Trinajstić information content (AvgIpc) is 2.30. The van der Waals surface area contributed by atoms with Crippen molar-refractivity contribution in [2.45, 2.75) is 39.0 Å². The molecule has 0 aromatic rings. The number of carboxylic acid groups (broad SMARTS) is 1. The summed E-state index contributed by atoms with van der Waals surface area (Å²) >= 11 is 0. The predicted octanol–water partition coefficient (Wildman–Crippen LogP) is 0.973. The van der Waals surface area contributed by atoms with Crippen LogP contribution in [-0.2, 0) is 14.4 Å². The summed E-state index contributed by atoms with van der Waals surface area (Å²) in [4.78, 5) is 34.2. The van der Waals surface area contributed by atoms with Crippen LogP contribution in [0.15, 0.2) is 0 Å². The number of rotatable bonds is 5. The van der Waals surface area contributed by atoms with E-state index in [1.54, 1.807) is 6.92 Å². The molecule has 17 heavy (non-hydrogen) atoms. The Hall–Kier alpha value is -1.39. The maximum atomic E-state index is 12.0. The van der Waals surface area contributed by atoms with E-state index in [0.717, 1.165) is 12.8 Å². The molecule has 0 spiro atoms. The fraction of sp³-hybridized carbons (Fsp3) is 0.750. The van der Waals surface area contributed by atoms with Gasteiger partial charge in [0.05, 0.1) is 0 Å². The zero-order valence-corrected chi connectivity index (χ0v) is 10.1. The summed E-state index contributed by atoms with van der Waals surface area (Å²) < 4.78 is 0. The highest BCUT2D eigenvalue weighted by atomic mass is 16.4. The Labute approximate surface area is 101 Å². The van der Waals surface area contributed by atoms with Crippen molar-refractivity contribution >= 4 is 18.2 Å². The summed E-state index contributed by atoms with van der Waals surface area (Å²) in [7, 11) is 0. The van der Waals surface area contributed by atoms with Gasteiger partial charge in [-0.1, -0.05) is 12.8 Å². The molecule has 2 N–H and O–H groups in total. The fourth-order valence-electron chi connectivity index (χ4n) is 2.68. The van der Waals surface area contributed by atoms with E-state index < -0.39 is 17.3 Å². The minimum absolute atomic E-state index is 0.142. The molecule has 0 radical (unpaired) electrons. The van der Waals surface area contributed by atoms with Gasteiger partial charge in [0.1, 0.15) is 11.7 Å². The third-order valence-electron chi connectivity index (χ3n) is 3.58. The van der Waals surface area contributed by atoms with Gasteiger partial charge in [-0.05, 0) is 25.7 Å². The van der Waals surface area contributed by atoms with Crippen molar-refractivity contribution in [2.24, 2.45) is 11.3 Å². The first kappa shape index (κ1) is 13.7. The third kappa shape index (κ3) is 2.48. The van der Waals surface area contributed by atoms with Gasteiger partial charge < -0.3 is 15.2 Å². The molecule has 5 nitrogen and oxygen atoms in total. The summed E-state index contributed by atoms with van der Waals surface area (Å²) in [6, 6.07) is 0. The first-order valence-corrected chi connectivity index (χ1v) is 6.05. The van der Waals surface area contributed by atoms with Crippen LogP contribution in [0.3, 0.4) is 0 Å². The molecule has 0 saturated heterocycles. The second kappa shape index (κ2) is 5.80. The number of carboxylic acids is 1. The van der Waals surface area contributed by atoms with E-state index in [1.807, 2.05) is 0 Å². The Morgan fingerprint density at radius 1 is 1.47 bits per heavy atom. The van der Waals surface area contributed by atoms with Crippen molar-refractivity contribution in [2.75, 3.05) is 6.54 Å². The lowest BCUT2D eigenvalue weighted by molar-refractivity contribution is -0.163. The van der Waals surface area contributed by atoms with E-state index in [9.17, 15) is 19.5 Å². The summed E-state index contributed by atoms with van der Waals surface area (Å²) in [6.45, 7) is 2.16. The van der Waals surface area contributed by atoms with Gasteiger partial charge in [-0.3, -0.25) is 9.59 Å². The summed E-state index contributed by atoms with van der Waals surface area (Å²) in [6.07, 6.45) is 3.41. The topological polar surface area (TPSA) is 83.5 Å². The molecular weight excluding hydrogens is 222 g/mol. The molecule has 2 unspecified atom stereocenters.